The molecule has 0 bridgehead atoms. The van der Waals surface area contributed by atoms with Crippen LogP contribution in [0.2, 0.25) is 0 Å². The van der Waals surface area contributed by atoms with Gasteiger partial charge in [-0.05, 0) is 12.1 Å². The molecular weight excluding hydrogens is 258 g/mol. The van der Waals surface area contributed by atoms with Gasteiger partial charge in [0.05, 0.1) is 12.0 Å². The van der Waals surface area contributed by atoms with Crippen molar-refractivity contribution < 1.29 is 4.42 Å². The van der Waals surface area contributed by atoms with Crippen LogP contribution in [0.1, 0.15) is 32.4 Å². The van der Waals surface area contributed by atoms with Crippen LogP contribution >= 0.6 is 11.8 Å². The highest BCUT2D eigenvalue weighted by Gasteiger charge is 2.19. The molecule has 2 heterocycles. The zero-order chi connectivity index (χ0) is 13.9. The van der Waals surface area contributed by atoms with Crippen molar-refractivity contribution in [2.45, 2.75) is 37.0 Å². The fourth-order valence-corrected chi connectivity index (χ4v) is 2.30. The van der Waals surface area contributed by atoms with Crippen molar-refractivity contribution in [2.75, 3.05) is 12.4 Å². The first-order valence-corrected chi connectivity index (χ1v) is 7.20. The summed E-state index contributed by atoms with van der Waals surface area (Å²) < 4.78 is 5.33. The Morgan fingerprint density at radius 2 is 2.11 bits per heavy atom. The summed E-state index contributed by atoms with van der Waals surface area (Å²) in [6, 6.07) is 5.83. The second-order valence-corrected chi connectivity index (χ2v) is 6.28. The molecule has 0 fully saturated rings. The molecule has 19 heavy (non-hydrogen) atoms. The van der Waals surface area contributed by atoms with E-state index in [1.807, 2.05) is 25.2 Å². The lowest BCUT2D eigenvalue weighted by Crippen LogP contribution is -2.17. The molecule has 0 saturated heterocycles. The number of furan rings is 1. The molecule has 2 aromatic heterocycles. The van der Waals surface area contributed by atoms with Crippen LogP contribution < -0.4 is 5.32 Å². The van der Waals surface area contributed by atoms with Crippen molar-refractivity contribution in [3.63, 3.8) is 0 Å². The molecule has 0 saturated carbocycles. The number of anilines is 1. The Morgan fingerprint density at radius 3 is 2.68 bits per heavy atom. The maximum Gasteiger partial charge on any atom is 0.137 e. The van der Waals surface area contributed by atoms with Gasteiger partial charge in [0.1, 0.15) is 22.4 Å². The van der Waals surface area contributed by atoms with E-state index in [-0.39, 0.29) is 5.41 Å². The van der Waals surface area contributed by atoms with Crippen molar-refractivity contribution >= 4 is 17.6 Å². The quantitative estimate of drug-likeness (QED) is 0.682. The summed E-state index contributed by atoms with van der Waals surface area (Å²) in [4.78, 5) is 9.13. The molecule has 2 aromatic rings. The first kappa shape index (κ1) is 13.9. The highest BCUT2D eigenvalue weighted by atomic mass is 32.2. The molecule has 0 atom stereocenters. The minimum absolute atomic E-state index is 0.0626. The SMILES string of the molecule is CNc1cc(SCc2ccco2)nc(C(C)(C)C)n1. The van der Waals surface area contributed by atoms with E-state index in [0.717, 1.165) is 28.2 Å². The van der Waals surface area contributed by atoms with Gasteiger partial charge in [-0.2, -0.15) is 0 Å². The van der Waals surface area contributed by atoms with E-state index in [1.165, 1.54) is 0 Å². The Labute approximate surface area is 118 Å². The Morgan fingerprint density at radius 1 is 1.32 bits per heavy atom. The molecule has 1 N–H and O–H groups in total. The van der Waals surface area contributed by atoms with Crippen LogP contribution in [0, 0.1) is 0 Å². The van der Waals surface area contributed by atoms with Gasteiger partial charge in [0.15, 0.2) is 0 Å². The van der Waals surface area contributed by atoms with Crippen LogP contribution in [0.3, 0.4) is 0 Å². The van der Waals surface area contributed by atoms with Crippen molar-refractivity contribution in [2.24, 2.45) is 0 Å². The molecule has 0 radical (unpaired) electrons. The second-order valence-electron chi connectivity index (χ2n) is 5.28. The Bertz CT molecular complexity index is 532. The summed E-state index contributed by atoms with van der Waals surface area (Å²) in [6.45, 7) is 6.34. The molecule has 0 aliphatic rings. The molecule has 0 aromatic carbocycles. The van der Waals surface area contributed by atoms with Crippen molar-refractivity contribution in [1.29, 1.82) is 0 Å². The average molecular weight is 277 g/mol. The number of thioether (sulfide) groups is 1. The van der Waals surface area contributed by atoms with Gasteiger partial charge in [-0.25, -0.2) is 9.97 Å². The number of nitrogens with one attached hydrogen (secondary N) is 1. The van der Waals surface area contributed by atoms with Gasteiger partial charge >= 0.3 is 0 Å². The maximum atomic E-state index is 5.33. The van der Waals surface area contributed by atoms with Gasteiger partial charge in [0.25, 0.3) is 0 Å². The van der Waals surface area contributed by atoms with Crippen LogP contribution in [-0.2, 0) is 11.2 Å². The summed E-state index contributed by atoms with van der Waals surface area (Å²) in [5.41, 5.74) is -0.0626. The van der Waals surface area contributed by atoms with Gasteiger partial charge < -0.3 is 9.73 Å². The molecule has 0 aliphatic carbocycles. The predicted molar refractivity (Wildman–Crippen MR) is 78.5 cm³/mol. The molecular formula is C14H19N3OS. The number of hydrogen-bond donors (Lipinski definition) is 1. The standard InChI is InChI=1S/C14H19N3OS/c1-14(2,3)13-16-11(15-4)8-12(17-13)19-9-10-6-5-7-18-10/h5-8H,9H2,1-4H3,(H,15,16,17). The molecule has 4 nitrogen and oxygen atoms in total. The Kier molecular flexibility index (Phi) is 4.14. The minimum Gasteiger partial charge on any atom is -0.468 e. The third-order valence-corrected chi connectivity index (χ3v) is 3.51. The fourth-order valence-electron chi connectivity index (χ4n) is 1.50. The van der Waals surface area contributed by atoms with Crippen molar-refractivity contribution in [1.82, 2.24) is 9.97 Å². The first-order valence-electron chi connectivity index (χ1n) is 6.21. The van der Waals surface area contributed by atoms with Crippen LogP contribution in [0.15, 0.2) is 33.9 Å². The van der Waals surface area contributed by atoms with Crippen LogP contribution in [0.25, 0.3) is 0 Å². The number of hydrogen-bond acceptors (Lipinski definition) is 5. The lowest BCUT2D eigenvalue weighted by molar-refractivity contribution is 0.529. The molecule has 0 amide bonds. The Hall–Kier alpha value is -1.49. The van der Waals surface area contributed by atoms with E-state index in [2.05, 4.69) is 36.1 Å². The van der Waals surface area contributed by atoms with E-state index in [4.69, 9.17) is 4.42 Å². The second kappa shape index (κ2) is 5.65. The zero-order valence-corrected chi connectivity index (χ0v) is 12.5. The van der Waals surface area contributed by atoms with E-state index < -0.39 is 0 Å². The monoisotopic (exact) mass is 277 g/mol. The summed E-state index contributed by atoms with van der Waals surface area (Å²) in [7, 11) is 1.87. The third-order valence-electron chi connectivity index (χ3n) is 2.57. The van der Waals surface area contributed by atoms with Crippen LogP contribution in [0.4, 0.5) is 5.82 Å². The van der Waals surface area contributed by atoms with Gasteiger partial charge in [-0.15, -0.1) is 0 Å². The smallest absolute Gasteiger partial charge is 0.137 e. The van der Waals surface area contributed by atoms with Crippen molar-refractivity contribution in [3.05, 3.63) is 36.0 Å². The van der Waals surface area contributed by atoms with Crippen LogP contribution in [0.5, 0.6) is 0 Å². The maximum absolute atomic E-state index is 5.33. The zero-order valence-electron chi connectivity index (χ0n) is 11.7. The van der Waals surface area contributed by atoms with E-state index >= 15 is 0 Å². The highest BCUT2D eigenvalue weighted by molar-refractivity contribution is 7.98. The average Bonchev–Trinajstić information content (AvgIpc) is 2.88. The summed E-state index contributed by atoms with van der Waals surface area (Å²) in [5, 5.41) is 4.04. The van der Waals surface area contributed by atoms with Gasteiger partial charge in [-0.3, -0.25) is 0 Å². The molecule has 0 spiro atoms. The van der Waals surface area contributed by atoms with Gasteiger partial charge in [0, 0.05) is 18.5 Å². The van der Waals surface area contributed by atoms with Crippen molar-refractivity contribution in [3.8, 4) is 0 Å². The normalized spacial score (nSPS) is 11.6. The molecule has 102 valence electrons. The lowest BCUT2D eigenvalue weighted by atomic mass is 9.96. The first-order chi connectivity index (χ1) is 8.99. The molecule has 0 unspecified atom stereocenters. The molecule has 2 rings (SSSR count). The van der Waals surface area contributed by atoms with E-state index in [0.29, 0.717) is 0 Å². The fraction of sp³-hybridized carbons (Fsp3) is 0.429. The summed E-state index contributed by atoms with van der Waals surface area (Å²) in [5.74, 6) is 3.42. The number of aromatic nitrogens is 2. The predicted octanol–water partition coefficient (Wildman–Crippen LogP) is 3.70. The Balaban J connectivity index is 2.19. The summed E-state index contributed by atoms with van der Waals surface area (Å²) in [6.07, 6.45) is 1.69. The minimum atomic E-state index is -0.0626. The summed E-state index contributed by atoms with van der Waals surface area (Å²) >= 11 is 1.65. The largest absolute Gasteiger partial charge is 0.468 e. The topological polar surface area (TPSA) is 51.0 Å². The van der Waals surface area contributed by atoms with Crippen LogP contribution in [-0.4, -0.2) is 17.0 Å². The third kappa shape index (κ3) is 3.73. The van der Waals surface area contributed by atoms with E-state index in [1.54, 1.807) is 18.0 Å². The molecule has 5 heteroatoms. The highest BCUT2D eigenvalue weighted by Crippen LogP contribution is 2.26. The molecule has 0 aliphatic heterocycles. The van der Waals surface area contributed by atoms with Gasteiger partial charge in [0.2, 0.25) is 0 Å². The van der Waals surface area contributed by atoms with E-state index in [9.17, 15) is 0 Å². The van der Waals surface area contributed by atoms with Gasteiger partial charge in [-0.1, -0.05) is 32.5 Å². The number of rotatable bonds is 4. The lowest BCUT2D eigenvalue weighted by Gasteiger charge is -2.18. The number of nitrogens with zero attached hydrogens (tertiary/aromatic N) is 2.